The predicted molar refractivity (Wildman–Crippen MR) is 62.3 cm³/mol. The fraction of sp³-hybridized carbons (Fsp3) is 0.417. The van der Waals surface area contributed by atoms with E-state index in [-0.39, 0.29) is 6.04 Å². The van der Waals surface area contributed by atoms with Crippen LogP contribution in [0.5, 0.6) is 0 Å². The second kappa shape index (κ2) is 4.67. The van der Waals surface area contributed by atoms with E-state index in [0.29, 0.717) is 17.2 Å². The van der Waals surface area contributed by atoms with Crippen molar-refractivity contribution in [2.45, 2.75) is 31.7 Å². The Kier molecular flexibility index (Phi) is 3.27. The minimum atomic E-state index is -0.0165. The number of halogens is 1. The molecule has 80 valence electrons. The van der Waals surface area contributed by atoms with E-state index >= 15 is 0 Å². The number of anilines is 1. The number of carbonyl (C=O) groups excluding carboxylic acids is 1. The summed E-state index contributed by atoms with van der Waals surface area (Å²) in [6.07, 6.45) is 3.81. The van der Waals surface area contributed by atoms with Crippen LogP contribution in [0.4, 0.5) is 5.69 Å². The van der Waals surface area contributed by atoms with E-state index in [0.717, 1.165) is 24.9 Å². The van der Waals surface area contributed by atoms with Gasteiger partial charge in [0.1, 0.15) is 0 Å². The van der Waals surface area contributed by atoms with Gasteiger partial charge in [-0.2, -0.15) is 0 Å². The molecule has 0 unspecified atom stereocenters. The molecule has 1 aromatic rings. The molecule has 0 heterocycles. The first-order valence-corrected chi connectivity index (χ1v) is 5.68. The van der Waals surface area contributed by atoms with Gasteiger partial charge in [0.05, 0.1) is 6.04 Å². The zero-order valence-corrected chi connectivity index (χ0v) is 9.26. The highest BCUT2D eigenvalue weighted by molar-refractivity contribution is 6.30. The Labute approximate surface area is 94.6 Å². The summed E-state index contributed by atoms with van der Waals surface area (Å²) in [6, 6.07) is 7.49. The molecule has 1 aromatic carbocycles. The zero-order valence-electron chi connectivity index (χ0n) is 8.50. The van der Waals surface area contributed by atoms with Crippen LogP contribution in [0.2, 0.25) is 5.02 Å². The Morgan fingerprint density at radius 2 is 2.20 bits per heavy atom. The number of nitrogens with one attached hydrogen (secondary N) is 1. The van der Waals surface area contributed by atoms with Crippen LogP contribution in [0.15, 0.2) is 24.3 Å². The monoisotopic (exact) mass is 223 g/mol. The summed E-state index contributed by atoms with van der Waals surface area (Å²) in [5, 5.41) is 3.93. The first-order valence-electron chi connectivity index (χ1n) is 5.30. The third-order valence-electron chi connectivity index (χ3n) is 2.72. The summed E-state index contributed by atoms with van der Waals surface area (Å²) in [5.41, 5.74) is 0.933. The molecule has 0 saturated heterocycles. The second-order valence-electron chi connectivity index (χ2n) is 3.92. The Bertz CT molecular complexity index is 364. The molecule has 1 aliphatic carbocycles. The van der Waals surface area contributed by atoms with E-state index in [4.69, 9.17) is 11.6 Å². The quantitative estimate of drug-likeness (QED) is 0.834. The molecule has 0 aromatic heterocycles. The molecule has 2 rings (SSSR count). The van der Waals surface area contributed by atoms with Crippen LogP contribution in [-0.4, -0.2) is 11.8 Å². The van der Waals surface area contributed by atoms with E-state index in [2.05, 4.69) is 5.32 Å². The van der Waals surface area contributed by atoms with Gasteiger partial charge in [0.25, 0.3) is 0 Å². The SMILES string of the molecule is O=C1CCCC[C@H]1Nc1cccc(Cl)c1. The lowest BCUT2D eigenvalue weighted by molar-refractivity contribution is -0.121. The minimum Gasteiger partial charge on any atom is -0.375 e. The number of carbonyl (C=O) groups is 1. The normalized spacial score (nSPS) is 21.4. The first-order chi connectivity index (χ1) is 7.25. The number of ketones is 1. The maximum absolute atomic E-state index is 11.6. The van der Waals surface area contributed by atoms with Crippen molar-refractivity contribution >= 4 is 23.1 Å². The fourth-order valence-electron chi connectivity index (χ4n) is 1.92. The van der Waals surface area contributed by atoms with Gasteiger partial charge in [0.15, 0.2) is 5.78 Å². The Morgan fingerprint density at radius 1 is 1.33 bits per heavy atom. The molecular formula is C12H14ClNO. The molecule has 15 heavy (non-hydrogen) atoms. The third kappa shape index (κ3) is 2.72. The molecule has 2 nitrogen and oxygen atoms in total. The number of Topliss-reactive ketones (excluding diaryl/α,β-unsaturated/α-hetero) is 1. The highest BCUT2D eigenvalue weighted by Gasteiger charge is 2.21. The molecule has 0 aliphatic heterocycles. The van der Waals surface area contributed by atoms with Crippen molar-refractivity contribution in [1.82, 2.24) is 0 Å². The molecule has 0 spiro atoms. The third-order valence-corrected chi connectivity index (χ3v) is 2.96. The zero-order chi connectivity index (χ0) is 10.7. The van der Waals surface area contributed by atoms with Crippen LogP contribution in [0.25, 0.3) is 0 Å². The predicted octanol–water partition coefficient (Wildman–Crippen LogP) is 3.26. The maximum Gasteiger partial charge on any atom is 0.155 e. The van der Waals surface area contributed by atoms with Crippen LogP contribution in [0.1, 0.15) is 25.7 Å². The standard InChI is InChI=1S/C12H14ClNO/c13-9-4-3-5-10(8-9)14-11-6-1-2-7-12(11)15/h3-5,8,11,14H,1-2,6-7H2/t11-/m1/s1. The number of hydrogen-bond donors (Lipinski definition) is 1. The average molecular weight is 224 g/mol. The summed E-state index contributed by atoms with van der Waals surface area (Å²) in [4.78, 5) is 11.6. The number of rotatable bonds is 2. The highest BCUT2D eigenvalue weighted by Crippen LogP contribution is 2.21. The van der Waals surface area contributed by atoms with Gasteiger partial charge in [-0.05, 0) is 31.0 Å². The van der Waals surface area contributed by atoms with E-state index in [1.807, 2.05) is 24.3 Å². The highest BCUT2D eigenvalue weighted by atomic mass is 35.5. The van der Waals surface area contributed by atoms with Crippen molar-refractivity contribution in [3.05, 3.63) is 29.3 Å². The van der Waals surface area contributed by atoms with Gasteiger partial charge in [0.2, 0.25) is 0 Å². The largest absolute Gasteiger partial charge is 0.375 e. The van der Waals surface area contributed by atoms with Crippen molar-refractivity contribution in [3.8, 4) is 0 Å². The van der Waals surface area contributed by atoms with Crippen molar-refractivity contribution in [3.63, 3.8) is 0 Å². The lowest BCUT2D eigenvalue weighted by Gasteiger charge is -2.22. The Morgan fingerprint density at radius 3 is 2.93 bits per heavy atom. The van der Waals surface area contributed by atoms with Gasteiger partial charge in [0, 0.05) is 17.1 Å². The van der Waals surface area contributed by atoms with Gasteiger partial charge in [-0.25, -0.2) is 0 Å². The van der Waals surface area contributed by atoms with Crippen LogP contribution >= 0.6 is 11.6 Å². The molecule has 1 saturated carbocycles. The maximum atomic E-state index is 11.6. The fourth-order valence-corrected chi connectivity index (χ4v) is 2.11. The van der Waals surface area contributed by atoms with Gasteiger partial charge in [-0.15, -0.1) is 0 Å². The van der Waals surface area contributed by atoms with Crippen molar-refractivity contribution < 1.29 is 4.79 Å². The number of benzene rings is 1. The van der Waals surface area contributed by atoms with Crippen LogP contribution in [0, 0.1) is 0 Å². The lowest BCUT2D eigenvalue weighted by atomic mass is 9.94. The van der Waals surface area contributed by atoms with Crippen molar-refractivity contribution in [2.75, 3.05) is 5.32 Å². The van der Waals surface area contributed by atoms with E-state index in [9.17, 15) is 4.79 Å². The summed E-state index contributed by atoms with van der Waals surface area (Å²) in [5.74, 6) is 0.321. The Hall–Kier alpha value is -1.02. The summed E-state index contributed by atoms with van der Waals surface area (Å²) in [7, 11) is 0. The molecule has 1 aliphatic rings. The summed E-state index contributed by atoms with van der Waals surface area (Å²) >= 11 is 5.87. The lowest BCUT2D eigenvalue weighted by Crippen LogP contribution is -2.32. The molecule has 3 heteroatoms. The van der Waals surface area contributed by atoms with E-state index in [1.165, 1.54) is 0 Å². The molecule has 0 bridgehead atoms. The van der Waals surface area contributed by atoms with Gasteiger partial charge in [-0.1, -0.05) is 24.1 Å². The van der Waals surface area contributed by atoms with E-state index in [1.54, 1.807) is 0 Å². The summed E-state index contributed by atoms with van der Waals surface area (Å²) < 4.78 is 0. The second-order valence-corrected chi connectivity index (χ2v) is 4.36. The minimum absolute atomic E-state index is 0.0165. The van der Waals surface area contributed by atoms with E-state index < -0.39 is 0 Å². The smallest absolute Gasteiger partial charge is 0.155 e. The van der Waals surface area contributed by atoms with Crippen LogP contribution in [-0.2, 0) is 4.79 Å². The average Bonchev–Trinajstić information content (AvgIpc) is 2.22. The molecule has 0 radical (unpaired) electrons. The van der Waals surface area contributed by atoms with Crippen LogP contribution < -0.4 is 5.32 Å². The van der Waals surface area contributed by atoms with Gasteiger partial charge >= 0.3 is 0 Å². The number of hydrogen-bond acceptors (Lipinski definition) is 2. The molecular weight excluding hydrogens is 210 g/mol. The van der Waals surface area contributed by atoms with Crippen molar-refractivity contribution in [2.24, 2.45) is 0 Å². The topological polar surface area (TPSA) is 29.1 Å². The van der Waals surface area contributed by atoms with Crippen molar-refractivity contribution in [1.29, 1.82) is 0 Å². The molecule has 1 N–H and O–H groups in total. The van der Waals surface area contributed by atoms with Crippen LogP contribution in [0.3, 0.4) is 0 Å². The van der Waals surface area contributed by atoms with Gasteiger partial charge in [-0.3, -0.25) is 4.79 Å². The Balaban J connectivity index is 2.04. The first kappa shape index (κ1) is 10.5. The molecule has 1 fully saturated rings. The molecule has 1 atom stereocenters. The summed E-state index contributed by atoms with van der Waals surface area (Å²) in [6.45, 7) is 0. The molecule has 0 amide bonds. The van der Waals surface area contributed by atoms with Gasteiger partial charge < -0.3 is 5.32 Å².